The van der Waals surface area contributed by atoms with Crippen LogP contribution in [0.3, 0.4) is 0 Å². The third-order valence-electron chi connectivity index (χ3n) is 3.90. The molecule has 0 aliphatic carbocycles. The third-order valence-corrected chi connectivity index (χ3v) is 5.77. The van der Waals surface area contributed by atoms with E-state index in [9.17, 15) is 0 Å². The third kappa shape index (κ3) is 14.8. The van der Waals surface area contributed by atoms with E-state index < -0.39 is 8.56 Å². The predicted octanol–water partition coefficient (Wildman–Crippen LogP) is 6.44. The normalized spacial score (nSPS) is 13.6. The van der Waals surface area contributed by atoms with Crippen LogP contribution in [0.1, 0.15) is 91.4 Å². The van der Waals surface area contributed by atoms with Crippen molar-refractivity contribution >= 4 is 8.56 Å². The van der Waals surface area contributed by atoms with E-state index in [-0.39, 0.29) is 0 Å². The summed E-state index contributed by atoms with van der Waals surface area (Å²) in [6.45, 7) is 12.0. The van der Waals surface area contributed by atoms with Gasteiger partial charge in [-0.3, -0.25) is 0 Å². The average Bonchev–Trinajstić information content (AvgIpc) is 2.42. The molecule has 0 bridgehead atoms. The fourth-order valence-electron chi connectivity index (χ4n) is 2.64. The fourth-order valence-corrected chi connectivity index (χ4v) is 4.43. The summed E-state index contributed by atoms with van der Waals surface area (Å²) in [5.74, 6) is 0. The van der Waals surface area contributed by atoms with Crippen LogP contribution in [0.25, 0.3) is 0 Å². The Balaban J connectivity index is 3.58. The SMILES string of the molecule is CCCCCCCCC(C)O[Si](C)(C)OCCCCCC. The van der Waals surface area contributed by atoms with Crippen molar-refractivity contribution in [2.75, 3.05) is 6.61 Å². The molecular formula is C18H40O2Si. The van der Waals surface area contributed by atoms with E-state index in [1.807, 2.05) is 0 Å². The molecule has 0 radical (unpaired) electrons. The molecule has 128 valence electrons. The van der Waals surface area contributed by atoms with E-state index in [0.29, 0.717) is 6.10 Å². The number of hydrogen-bond acceptors (Lipinski definition) is 2. The highest BCUT2D eigenvalue weighted by atomic mass is 28.4. The predicted molar refractivity (Wildman–Crippen MR) is 96.1 cm³/mol. The molecule has 3 heteroatoms. The summed E-state index contributed by atoms with van der Waals surface area (Å²) in [4.78, 5) is 0. The number of rotatable bonds is 15. The Hall–Kier alpha value is 0.137. The molecule has 0 aromatic heterocycles. The van der Waals surface area contributed by atoms with Gasteiger partial charge in [0, 0.05) is 12.7 Å². The van der Waals surface area contributed by atoms with Gasteiger partial charge in [-0.25, -0.2) is 0 Å². The lowest BCUT2D eigenvalue weighted by Gasteiger charge is -2.27. The van der Waals surface area contributed by atoms with Gasteiger partial charge in [0.25, 0.3) is 0 Å². The summed E-state index contributed by atoms with van der Waals surface area (Å²) >= 11 is 0. The minimum Gasteiger partial charge on any atom is -0.395 e. The molecule has 0 aliphatic rings. The van der Waals surface area contributed by atoms with Crippen LogP contribution in [-0.4, -0.2) is 21.3 Å². The maximum Gasteiger partial charge on any atom is 0.331 e. The zero-order valence-corrected chi connectivity index (χ0v) is 16.4. The van der Waals surface area contributed by atoms with Gasteiger partial charge in [0.1, 0.15) is 0 Å². The van der Waals surface area contributed by atoms with Crippen molar-refractivity contribution in [2.45, 2.75) is 111 Å². The number of hydrogen-bond donors (Lipinski definition) is 0. The first-order valence-corrected chi connectivity index (χ1v) is 12.1. The van der Waals surface area contributed by atoms with E-state index in [4.69, 9.17) is 8.85 Å². The molecule has 1 unspecified atom stereocenters. The molecule has 1 atom stereocenters. The Morgan fingerprint density at radius 3 is 1.90 bits per heavy atom. The van der Waals surface area contributed by atoms with Crippen molar-refractivity contribution in [1.29, 1.82) is 0 Å². The van der Waals surface area contributed by atoms with E-state index in [1.54, 1.807) is 0 Å². The van der Waals surface area contributed by atoms with E-state index in [1.165, 1.54) is 70.6 Å². The summed E-state index contributed by atoms with van der Waals surface area (Å²) in [5.41, 5.74) is 0. The molecule has 0 amide bonds. The van der Waals surface area contributed by atoms with Gasteiger partial charge in [0.05, 0.1) is 0 Å². The molecule has 2 nitrogen and oxygen atoms in total. The zero-order valence-electron chi connectivity index (χ0n) is 15.4. The van der Waals surface area contributed by atoms with Crippen LogP contribution < -0.4 is 0 Å². The molecule has 0 heterocycles. The molecule has 0 rings (SSSR count). The Labute approximate surface area is 135 Å². The first-order chi connectivity index (χ1) is 10.0. The van der Waals surface area contributed by atoms with Crippen molar-refractivity contribution in [2.24, 2.45) is 0 Å². The van der Waals surface area contributed by atoms with Gasteiger partial charge >= 0.3 is 8.56 Å². The quantitative estimate of drug-likeness (QED) is 0.255. The Kier molecular flexibility index (Phi) is 13.9. The first-order valence-electron chi connectivity index (χ1n) is 9.33. The second-order valence-electron chi connectivity index (χ2n) is 6.79. The van der Waals surface area contributed by atoms with Crippen molar-refractivity contribution in [3.63, 3.8) is 0 Å². The summed E-state index contributed by atoms with van der Waals surface area (Å²) in [6, 6.07) is 0. The summed E-state index contributed by atoms with van der Waals surface area (Å²) < 4.78 is 12.2. The summed E-state index contributed by atoms with van der Waals surface area (Å²) in [5, 5.41) is 0. The molecule has 0 aromatic carbocycles. The topological polar surface area (TPSA) is 18.5 Å². The van der Waals surface area contributed by atoms with Gasteiger partial charge in [0.2, 0.25) is 0 Å². The minimum absolute atomic E-state index is 0.355. The Bertz CT molecular complexity index is 219. The van der Waals surface area contributed by atoms with Crippen molar-refractivity contribution in [1.82, 2.24) is 0 Å². The lowest BCUT2D eigenvalue weighted by Crippen LogP contribution is -2.38. The lowest BCUT2D eigenvalue weighted by atomic mass is 10.1. The Morgan fingerprint density at radius 2 is 1.29 bits per heavy atom. The largest absolute Gasteiger partial charge is 0.395 e. The average molecular weight is 317 g/mol. The van der Waals surface area contributed by atoms with Gasteiger partial charge in [-0.2, -0.15) is 0 Å². The van der Waals surface area contributed by atoms with Crippen LogP contribution in [-0.2, 0) is 8.85 Å². The van der Waals surface area contributed by atoms with E-state index in [2.05, 4.69) is 33.9 Å². The molecule has 21 heavy (non-hydrogen) atoms. The van der Waals surface area contributed by atoms with E-state index in [0.717, 1.165) is 6.61 Å². The molecule has 0 aliphatic heterocycles. The summed E-state index contributed by atoms with van der Waals surface area (Å²) in [6.07, 6.45) is 14.8. The monoisotopic (exact) mass is 316 g/mol. The minimum atomic E-state index is -1.91. The van der Waals surface area contributed by atoms with Crippen molar-refractivity contribution < 1.29 is 8.85 Å². The van der Waals surface area contributed by atoms with Gasteiger partial charge in [-0.05, 0) is 32.9 Å². The first kappa shape index (κ1) is 21.1. The van der Waals surface area contributed by atoms with Crippen LogP contribution in [0.5, 0.6) is 0 Å². The standard InChI is InChI=1S/C18H40O2Si/c1-6-8-10-12-13-14-16-18(3)20-21(4,5)19-17-15-11-9-7-2/h18H,6-17H2,1-5H3. The van der Waals surface area contributed by atoms with Crippen molar-refractivity contribution in [3.8, 4) is 0 Å². The Morgan fingerprint density at radius 1 is 0.762 bits per heavy atom. The highest BCUT2D eigenvalue weighted by Gasteiger charge is 2.26. The van der Waals surface area contributed by atoms with Gasteiger partial charge in [-0.15, -0.1) is 0 Å². The fraction of sp³-hybridized carbons (Fsp3) is 1.00. The number of unbranched alkanes of at least 4 members (excludes halogenated alkanes) is 8. The second kappa shape index (κ2) is 13.8. The van der Waals surface area contributed by atoms with Crippen LogP contribution >= 0.6 is 0 Å². The molecule has 0 fully saturated rings. The van der Waals surface area contributed by atoms with Crippen LogP contribution in [0, 0.1) is 0 Å². The van der Waals surface area contributed by atoms with E-state index >= 15 is 0 Å². The maximum absolute atomic E-state index is 6.19. The maximum atomic E-state index is 6.19. The van der Waals surface area contributed by atoms with Gasteiger partial charge in [0.15, 0.2) is 0 Å². The molecule has 0 aromatic rings. The van der Waals surface area contributed by atoms with Crippen molar-refractivity contribution in [3.05, 3.63) is 0 Å². The highest BCUT2D eigenvalue weighted by Crippen LogP contribution is 2.16. The second-order valence-corrected chi connectivity index (χ2v) is 10.1. The lowest BCUT2D eigenvalue weighted by molar-refractivity contribution is 0.122. The van der Waals surface area contributed by atoms with Crippen LogP contribution in [0.4, 0.5) is 0 Å². The van der Waals surface area contributed by atoms with Gasteiger partial charge in [-0.1, -0.05) is 71.6 Å². The zero-order chi connectivity index (χ0) is 16.0. The molecule has 0 spiro atoms. The molecule has 0 N–H and O–H groups in total. The highest BCUT2D eigenvalue weighted by molar-refractivity contribution is 6.64. The van der Waals surface area contributed by atoms with Gasteiger partial charge < -0.3 is 8.85 Å². The molecule has 0 saturated heterocycles. The molecular weight excluding hydrogens is 276 g/mol. The summed E-state index contributed by atoms with van der Waals surface area (Å²) in [7, 11) is -1.91. The smallest absolute Gasteiger partial charge is 0.331 e. The molecule has 0 saturated carbocycles. The van der Waals surface area contributed by atoms with Crippen LogP contribution in [0.2, 0.25) is 13.1 Å². The van der Waals surface area contributed by atoms with Crippen LogP contribution in [0.15, 0.2) is 0 Å².